The number of ether oxygens (including phenoxy) is 1. The van der Waals surface area contributed by atoms with Crippen LogP contribution < -0.4 is 5.32 Å². The molecule has 1 atom stereocenters. The van der Waals surface area contributed by atoms with Crippen molar-refractivity contribution in [1.82, 2.24) is 4.90 Å². The van der Waals surface area contributed by atoms with Gasteiger partial charge in [0.2, 0.25) is 0 Å². The predicted molar refractivity (Wildman–Crippen MR) is 113 cm³/mol. The van der Waals surface area contributed by atoms with Gasteiger partial charge in [0.1, 0.15) is 6.04 Å². The lowest BCUT2D eigenvalue weighted by atomic mass is 10.1. The molecular weight excluding hydrogens is 356 g/mol. The summed E-state index contributed by atoms with van der Waals surface area (Å²) in [5.74, 6) is 1.77. The number of carbonyl (C=O) groups is 1. The lowest BCUT2D eigenvalue weighted by Crippen LogP contribution is -2.49. The van der Waals surface area contributed by atoms with Gasteiger partial charge in [-0.15, -0.1) is 0 Å². The van der Waals surface area contributed by atoms with Gasteiger partial charge in [0, 0.05) is 23.7 Å². The Bertz CT molecular complexity index is 681. The zero-order valence-electron chi connectivity index (χ0n) is 15.7. The van der Waals surface area contributed by atoms with Gasteiger partial charge in [0.25, 0.3) is 0 Å². The van der Waals surface area contributed by atoms with E-state index >= 15 is 0 Å². The van der Waals surface area contributed by atoms with E-state index < -0.39 is 0 Å². The zero-order chi connectivity index (χ0) is 18.7. The number of carbonyl (C=O) groups excluding carboxylic acids is 1. The first-order chi connectivity index (χ1) is 13.3. The molecule has 5 heteroatoms. The Labute approximate surface area is 166 Å². The van der Waals surface area contributed by atoms with E-state index in [1.54, 1.807) is 0 Å². The minimum atomic E-state index is -0.158. The van der Waals surface area contributed by atoms with Crippen molar-refractivity contribution in [2.45, 2.75) is 25.3 Å². The fourth-order valence-electron chi connectivity index (χ4n) is 3.14. The summed E-state index contributed by atoms with van der Waals surface area (Å²) in [6.45, 7) is 2.07. The van der Waals surface area contributed by atoms with E-state index in [2.05, 4.69) is 34.5 Å². The summed E-state index contributed by atoms with van der Waals surface area (Å²) in [5.41, 5.74) is 2.41. The van der Waals surface area contributed by atoms with Crippen LogP contribution in [0.5, 0.6) is 0 Å². The molecule has 1 heterocycles. The molecule has 144 valence electrons. The van der Waals surface area contributed by atoms with Crippen LogP contribution in [0.25, 0.3) is 0 Å². The lowest BCUT2D eigenvalue weighted by Gasteiger charge is -2.33. The van der Waals surface area contributed by atoms with E-state index in [4.69, 9.17) is 4.74 Å². The largest absolute Gasteiger partial charge is 0.464 e. The van der Waals surface area contributed by atoms with Crippen LogP contribution in [0.15, 0.2) is 60.7 Å². The molecule has 1 fully saturated rings. The van der Waals surface area contributed by atoms with Crippen LogP contribution in [0.1, 0.15) is 18.4 Å². The van der Waals surface area contributed by atoms with Crippen LogP contribution in [0.3, 0.4) is 0 Å². The van der Waals surface area contributed by atoms with Gasteiger partial charge in [0.15, 0.2) is 0 Å². The molecule has 2 aromatic carbocycles. The Morgan fingerprint density at radius 3 is 2.59 bits per heavy atom. The SMILES string of the molecule is O=C(OCCCCc1ccccc1)C1CSCCN1CNc1ccccc1. The average molecular weight is 385 g/mol. The monoisotopic (exact) mass is 384 g/mol. The number of unbranched alkanes of at least 4 members (excludes halogenated alkanes) is 1. The number of anilines is 1. The van der Waals surface area contributed by atoms with Crippen LogP contribution in [-0.2, 0) is 16.0 Å². The van der Waals surface area contributed by atoms with Crippen molar-refractivity contribution in [3.8, 4) is 0 Å². The number of para-hydroxylation sites is 1. The average Bonchev–Trinajstić information content (AvgIpc) is 2.73. The Hall–Kier alpha value is -1.98. The van der Waals surface area contributed by atoms with Crippen LogP contribution in [0, 0.1) is 0 Å². The number of nitrogens with zero attached hydrogens (tertiary/aromatic N) is 1. The molecule has 0 bridgehead atoms. The van der Waals surface area contributed by atoms with Gasteiger partial charge in [-0.2, -0.15) is 11.8 Å². The summed E-state index contributed by atoms with van der Waals surface area (Å²) in [6.07, 6.45) is 2.98. The summed E-state index contributed by atoms with van der Waals surface area (Å²) in [4.78, 5) is 14.7. The van der Waals surface area contributed by atoms with Crippen LogP contribution in [0.2, 0.25) is 0 Å². The second-order valence-electron chi connectivity index (χ2n) is 6.71. The number of thioether (sulfide) groups is 1. The summed E-state index contributed by atoms with van der Waals surface area (Å²) in [7, 11) is 0. The van der Waals surface area contributed by atoms with Gasteiger partial charge in [-0.3, -0.25) is 9.69 Å². The van der Waals surface area contributed by atoms with Crippen molar-refractivity contribution in [2.24, 2.45) is 0 Å². The maximum Gasteiger partial charge on any atom is 0.324 e. The molecule has 3 rings (SSSR count). The number of hydrogen-bond donors (Lipinski definition) is 1. The first-order valence-electron chi connectivity index (χ1n) is 9.64. The molecule has 1 saturated heterocycles. The molecule has 0 spiro atoms. The molecule has 2 aromatic rings. The van der Waals surface area contributed by atoms with Gasteiger partial charge in [0.05, 0.1) is 13.3 Å². The predicted octanol–water partition coefficient (Wildman–Crippen LogP) is 4.04. The lowest BCUT2D eigenvalue weighted by molar-refractivity contribution is -0.149. The molecule has 1 N–H and O–H groups in total. The van der Waals surface area contributed by atoms with E-state index in [9.17, 15) is 4.79 Å². The summed E-state index contributed by atoms with van der Waals surface area (Å²) < 4.78 is 5.58. The van der Waals surface area contributed by atoms with Crippen LogP contribution >= 0.6 is 11.8 Å². The molecule has 0 amide bonds. The Balaban J connectivity index is 1.38. The van der Waals surface area contributed by atoms with Crippen molar-refractivity contribution in [1.29, 1.82) is 0 Å². The van der Waals surface area contributed by atoms with Crippen molar-refractivity contribution >= 4 is 23.4 Å². The summed E-state index contributed by atoms with van der Waals surface area (Å²) in [6, 6.07) is 20.4. The number of aryl methyl sites for hydroxylation is 1. The fraction of sp³-hybridized carbons (Fsp3) is 0.409. The van der Waals surface area contributed by atoms with Gasteiger partial charge in [-0.05, 0) is 37.0 Å². The second kappa shape index (κ2) is 11.0. The Morgan fingerprint density at radius 2 is 1.81 bits per heavy atom. The summed E-state index contributed by atoms with van der Waals surface area (Å²) >= 11 is 1.83. The van der Waals surface area contributed by atoms with E-state index in [1.807, 2.05) is 48.2 Å². The van der Waals surface area contributed by atoms with Crippen LogP contribution in [-0.4, -0.2) is 48.2 Å². The van der Waals surface area contributed by atoms with Gasteiger partial charge in [-0.1, -0.05) is 48.5 Å². The molecule has 1 aliphatic rings. The van der Waals surface area contributed by atoms with Crippen LogP contribution in [0.4, 0.5) is 5.69 Å². The molecule has 1 aliphatic heterocycles. The van der Waals surface area contributed by atoms with E-state index in [-0.39, 0.29) is 12.0 Å². The minimum absolute atomic E-state index is 0.0863. The van der Waals surface area contributed by atoms with Gasteiger partial charge < -0.3 is 10.1 Å². The number of nitrogens with one attached hydrogen (secondary N) is 1. The summed E-state index contributed by atoms with van der Waals surface area (Å²) in [5, 5.41) is 3.40. The standard InChI is InChI=1S/C22H28N2O2S/c25-22(26-15-8-7-11-19-9-3-1-4-10-19)21-17-27-16-14-24(21)18-23-20-12-5-2-6-13-20/h1-6,9-10,12-13,21,23H,7-8,11,14-18H2. The first kappa shape index (κ1) is 19.8. The molecule has 1 unspecified atom stereocenters. The number of rotatable bonds is 9. The van der Waals surface area contributed by atoms with Crippen molar-refractivity contribution in [2.75, 3.05) is 36.6 Å². The van der Waals surface area contributed by atoms with E-state index in [0.29, 0.717) is 13.3 Å². The quantitative estimate of drug-likeness (QED) is 0.522. The maximum absolute atomic E-state index is 12.5. The third kappa shape index (κ3) is 6.60. The number of esters is 1. The van der Waals surface area contributed by atoms with Gasteiger partial charge in [-0.25, -0.2) is 0 Å². The second-order valence-corrected chi connectivity index (χ2v) is 7.86. The van der Waals surface area contributed by atoms with Crippen molar-refractivity contribution in [3.63, 3.8) is 0 Å². The highest BCUT2D eigenvalue weighted by molar-refractivity contribution is 7.99. The molecular formula is C22H28N2O2S. The number of benzene rings is 2. The fourth-order valence-corrected chi connectivity index (χ4v) is 4.24. The van der Waals surface area contributed by atoms with Crippen molar-refractivity contribution in [3.05, 3.63) is 66.2 Å². The topological polar surface area (TPSA) is 41.6 Å². The minimum Gasteiger partial charge on any atom is -0.464 e. The zero-order valence-corrected chi connectivity index (χ0v) is 16.5. The van der Waals surface area contributed by atoms with Crippen molar-refractivity contribution < 1.29 is 9.53 Å². The Kier molecular flexibility index (Phi) is 8.05. The third-order valence-corrected chi connectivity index (χ3v) is 5.74. The molecule has 0 aromatic heterocycles. The first-order valence-corrected chi connectivity index (χ1v) is 10.8. The van der Waals surface area contributed by atoms with Gasteiger partial charge >= 0.3 is 5.97 Å². The molecule has 27 heavy (non-hydrogen) atoms. The molecule has 0 aliphatic carbocycles. The van der Waals surface area contributed by atoms with E-state index in [1.165, 1.54) is 5.56 Å². The third-order valence-electron chi connectivity index (χ3n) is 4.72. The highest BCUT2D eigenvalue weighted by Gasteiger charge is 2.30. The maximum atomic E-state index is 12.5. The highest BCUT2D eigenvalue weighted by Crippen LogP contribution is 2.18. The Morgan fingerprint density at radius 1 is 1.07 bits per heavy atom. The van der Waals surface area contributed by atoms with E-state index in [0.717, 1.165) is 43.0 Å². The number of hydrogen-bond acceptors (Lipinski definition) is 5. The molecule has 4 nitrogen and oxygen atoms in total. The highest BCUT2D eigenvalue weighted by atomic mass is 32.2. The normalized spacial score (nSPS) is 17.4. The molecule has 0 radical (unpaired) electrons. The smallest absolute Gasteiger partial charge is 0.324 e. The molecule has 0 saturated carbocycles.